The Hall–Kier alpha value is -2.76. The minimum absolute atomic E-state index is 0.135. The van der Waals surface area contributed by atoms with Crippen molar-refractivity contribution in [2.75, 3.05) is 26.3 Å². The molecule has 1 saturated carbocycles. The Morgan fingerprint density at radius 3 is 2.19 bits per heavy atom. The Labute approximate surface area is 248 Å². The number of carbonyl (C=O) groups excluding carboxylic acids is 1. The van der Waals surface area contributed by atoms with E-state index in [0.29, 0.717) is 43.5 Å². The summed E-state index contributed by atoms with van der Waals surface area (Å²) in [6.45, 7) is 3.36. The number of sulfonamides is 1. The SMILES string of the molecule is CCCCOc1ccc(C(F)(F)[C@H](NS(=O)(=O)c2ccc(OCC3CCCCC3)cc2)C(=O)N2CCC(N)CC2)cc1. The fraction of sp³-hybridized carbons (Fsp3) is 0.581. The van der Waals surface area contributed by atoms with Gasteiger partial charge in [-0.3, -0.25) is 4.79 Å². The molecule has 1 amide bonds. The summed E-state index contributed by atoms with van der Waals surface area (Å²) in [4.78, 5) is 14.5. The zero-order valence-corrected chi connectivity index (χ0v) is 25.1. The molecule has 2 aromatic rings. The number of benzene rings is 2. The summed E-state index contributed by atoms with van der Waals surface area (Å²) in [5, 5.41) is 0. The Morgan fingerprint density at radius 1 is 0.976 bits per heavy atom. The number of nitrogens with one attached hydrogen (secondary N) is 1. The van der Waals surface area contributed by atoms with Gasteiger partial charge in [0.1, 0.15) is 11.5 Å². The fourth-order valence-corrected chi connectivity index (χ4v) is 6.55. The second-order valence-electron chi connectivity index (χ2n) is 11.4. The molecule has 11 heteroatoms. The highest BCUT2D eigenvalue weighted by atomic mass is 32.2. The first-order valence-electron chi connectivity index (χ1n) is 15.0. The lowest BCUT2D eigenvalue weighted by Crippen LogP contribution is -2.57. The highest BCUT2D eigenvalue weighted by Crippen LogP contribution is 2.35. The molecule has 0 aromatic heterocycles. The molecule has 8 nitrogen and oxygen atoms in total. The number of piperidine rings is 1. The molecule has 1 aliphatic carbocycles. The summed E-state index contributed by atoms with van der Waals surface area (Å²) < 4.78 is 72.4. The average Bonchev–Trinajstić information content (AvgIpc) is 3.00. The molecule has 0 unspecified atom stereocenters. The lowest BCUT2D eigenvalue weighted by Gasteiger charge is -2.35. The van der Waals surface area contributed by atoms with Gasteiger partial charge in [-0.05, 0) is 86.6 Å². The number of rotatable bonds is 13. The summed E-state index contributed by atoms with van der Waals surface area (Å²) in [6.07, 6.45) is 8.47. The van der Waals surface area contributed by atoms with Gasteiger partial charge in [0, 0.05) is 24.7 Å². The van der Waals surface area contributed by atoms with Gasteiger partial charge >= 0.3 is 0 Å². The molecular formula is C31H43F2N3O5S. The van der Waals surface area contributed by atoms with Gasteiger partial charge in [-0.1, -0.05) is 32.6 Å². The lowest BCUT2D eigenvalue weighted by atomic mass is 9.90. The van der Waals surface area contributed by atoms with E-state index in [1.807, 2.05) is 11.6 Å². The van der Waals surface area contributed by atoms with E-state index < -0.39 is 33.5 Å². The summed E-state index contributed by atoms with van der Waals surface area (Å²) >= 11 is 0. The number of unbranched alkanes of at least 4 members (excludes halogenated alkanes) is 1. The maximum Gasteiger partial charge on any atom is 0.298 e. The third-order valence-corrected chi connectivity index (χ3v) is 9.52. The van der Waals surface area contributed by atoms with Crippen molar-refractivity contribution in [3.05, 3.63) is 54.1 Å². The van der Waals surface area contributed by atoms with E-state index in [1.165, 1.54) is 72.7 Å². The van der Waals surface area contributed by atoms with Gasteiger partial charge in [0.2, 0.25) is 15.9 Å². The molecule has 232 valence electrons. The summed E-state index contributed by atoms with van der Waals surface area (Å²) in [5.74, 6) is -3.45. The number of likely N-dealkylation sites (tertiary alicyclic amines) is 1. The van der Waals surface area contributed by atoms with Crippen LogP contribution in [0.4, 0.5) is 8.78 Å². The third kappa shape index (κ3) is 8.41. The van der Waals surface area contributed by atoms with Gasteiger partial charge in [0.25, 0.3) is 5.92 Å². The number of nitrogens with two attached hydrogens (primary N) is 1. The molecule has 1 aliphatic heterocycles. The number of amides is 1. The van der Waals surface area contributed by atoms with Crippen LogP contribution in [0.25, 0.3) is 0 Å². The molecule has 2 aliphatic rings. The first-order valence-corrected chi connectivity index (χ1v) is 16.5. The van der Waals surface area contributed by atoms with Crippen LogP contribution in [-0.4, -0.2) is 57.6 Å². The molecule has 42 heavy (non-hydrogen) atoms. The van der Waals surface area contributed by atoms with Crippen molar-refractivity contribution < 1.29 is 31.5 Å². The van der Waals surface area contributed by atoms with Crippen molar-refractivity contribution in [1.82, 2.24) is 9.62 Å². The van der Waals surface area contributed by atoms with Crippen LogP contribution < -0.4 is 19.9 Å². The van der Waals surface area contributed by atoms with E-state index in [-0.39, 0.29) is 24.0 Å². The van der Waals surface area contributed by atoms with Crippen molar-refractivity contribution in [3.8, 4) is 11.5 Å². The summed E-state index contributed by atoms with van der Waals surface area (Å²) in [7, 11) is -4.50. The predicted octanol–water partition coefficient (Wildman–Crippen LogP) is 5.21. The number of alkyl halides is 2. The summed E-state index contributed by atoms with van der Waals surface area (Å²) in [6, 6.07) is 8.28. The molecule has 2 fully saturated rings. The quantitative estimate of drug-likeness (QED) is 0.303. The second-order valence-corrected chi connectivity index (χ2v) is 13.1. The number of nitrogens with zero attached hydrogens (tertiary/aromatic N) is 1. The van der Waals surface area contributed by atoms with Crippen LogP contribution in [0.1, 0.15) is 70.3 Å². The number of ether oxygens (including phenoxy) is 2. The van der Waals surface area contributed by atoms with E-state index in [9.17, 15) is 13.2 Å². The minimum Gasteiger partial charge on any atom is -0.494 e. The fourth-order valence-electron chi connectivity index (χ4n) is 5.36. The number of hydrogen-bond acceptors (Lipinski definition) is 6. The van der Waals surface area contributed by atoms with Gasteiger partial charge in [0.05, 0.1) is 18.1 Å². The number of carbonyl (C=O) groups is 1. The Kier molecular flexibility index (Phi) is 11.2. The lowest BCUT2D eigenvalue weighted by molar-refractivity contribution is -0.145. The van der Waals surface area contributed by atoms with Crippen LogP contribution in [0.2, 0.25) is 0 Å². The Morgan fingerprint density at radius 2 is 1.57 bits per heavy atom. The molecule has 0 bridgehead atoms. The van der Waals surface area contributed by atoms with Crippen molar-refractivity contribution in [2.45, 2.75) is 87.6 Å². The molecule has 4 rings (SSSR count). The zero-order valence-electron chi connectivity index (χ0n) is 24.3. The third-order valence-electron chi connectivity index (χ3n) is 8.08. The normalized spacial score (nSPS) is 18.0. The minimum atomic E-state index is -4.50. The van der Waals surface area contributed by atoms with E-state index in [4.69, 9.17) is 15.2 Å². The van der Waals surface area contributed by atoms with Gasteiger partial charge in [-0.15, -0.1) is 0 Å². The van der Waals surface area contributed by atoms with E-state index in [0.717, 1.165) is 25.7 Å². The first-order chi connectivity index (χ1) is 20.1. The molecule has 3 N–H and O–H groups in total. The monoisotopic (exact) mass is 607 g/mol. The van der Waals surface area contributed by atoms with Crippen molar-refractivity contribution in [1.29, 1.82) is 0 Å². The largest absolute Gasteiger partial charge is 0.494 e. The molecule has 1 heterocycles. The molecule has 0 spiro atoms. The van der Waals surface area contributed by atoms with E-state index in [1.54, 1.807) is 0 Å². The maximum atomic E-state index is 16.1. The van der Waals surface area contributed by atoms with Crippen molar-refractivity contribution in [3.63, 3.8) is 0 Å². The highest BCUT2D eigenvalue weighted by molar-refractivity contribution is 7.89. The molecular weight excluding hydrogens is 564 g/mol. The summed E-state index contributed by atoms with van der Waals surface area (Å²) in [5.41, 5.74) is 5.45. The van der Waals surface area contributed by atoms with Crippen LogP contribution in [0, 0.1) is 5.92 Å². The van der Waals surface area contributed by atoms with Crippen molar-refractivity contribution >= 4 is 15.9 Å². The zero-order chi connectivity index (χ0) is 30.2. The van der Waals surface area contributed by atoms with Crippen LogP contribution in [0.5, 0.6) is 11.5 Å². The van der Waals surface area contributed by atoms with Gasteiger partial charge < -0.3 is 20.1 Å². The standard InChI is InChI=1S/C31H43F2N3O5S/c1-2-3-21-40-26-11-9-24(10-12-26)31(32,33)29(30(37)36-19-17-25(34)18-20-36)35-42(38,39)28-15-13-27(14-16-28)41-22-23-7-5-4-6-8-23/h9-16,23,25,29,35H,2-8,17-22,34H2,1H3/t29-/m1/s1. The Bertz CT molecular complexity index is 1240. The predicted molar refractivity (Wildman–Crippen MR) is 157 cm³/mol. The molecule has 2 aromatic carbocycles. The second kappa shape index (κ2) is 14.6. The van der Waals surface area contributed by atoms with Crippen LogP contribution in [-0.2, 0) is 20.7 Å². The maximum absolute atomic E-state index is 16.1. The van der Waals surface area contributed by atoms with Gasteiger partial charge in [-0.2, -0.15) is 13.5 Å². The van der Waals surface area contributed by atoms with Gasteiger partial charge in [0.15, 0.2) is 6.04 Å². The smallest absolute Gasteiger partial charge is 0.298 e. The van der Waals surface area contributed by atoms with Crippen molar-refractivity contribution in [2.24, 2.45) is 11.7 Å². The number of hydrogen-bond donors (Lipinski definition) is 2. The average molecular weight is 608 g/mol. The molecule has 1 atom stereocenters. The number of halogens is 2. The topological polar surface area (TPSA) is 111 Å². The van der Waals surface area contributed by atoms with Crippen LogP contribution in [0.15, 0.2) is 53.4 Å². The first kappa shape index (κ1) is 32.2. The highest BCUT2D eigenvalue weighted by Gasteiger charge is 2.50. The molecule has 1 saturated heterocycles. The van der Waals surface area contributed by atoms with E-state index in [2.05, 4.69) is 0 Å². The van der Waals surface area contributed by atoms with E-state index >= 15 is 8.78 Å². The van der Waals surface area contributed by atoms with Crippen LogP contribution in [0.3, 0.4) is 0 Å². The van der Waals surface area contributed by atoms with Crippen LogP contribution >= 0.6 is 0 Å². The van der Waals surface area contributed by atoms with Gasteiger partial charge in [-0.25, -0.2) is 8.42 Å². The molecule has 0 radical (unpaired) electrons. The Balaban J connectivity index is 1.53.